The second-order valence-corrected chi connectivity index (χ2v) is 2.18. The van der Waals surface area contributed by atoms with Gasteiger partial charge < -0.3 is 5.11 Å². The molecule has 0 radical (unpaired) electrons. The molecule has 3 heteroatoms. The highest BCUT2D eigenvalue weighted by atomic mass is 16.5. The number of hydrogen-bond donors (Lipinski definition) is 2. The molecule has 0 aliphatic rings. The summed E-state index contributed by atoms with van der Waals surface area (Å²) in [7, 11) is 0. The summed E-state index contributed by atoms with van der Waals surface area (Å²) in [6.07, 6.45) is 1.50. The molecule has 0 aliphatic carbocycles. The largest absolute Gasteiger partial charge is 0.392 e. The zero-order chi connectivity index (χ0) is 7.56. The van der Waals surface area contributed by atoms with E-state index in [0.29, 0.717) is 5.69 Å². The molecule has 0 atom stereocenters. The van der Waals surface area contributed by atoms with Crippen LogP contribution >= 0.6 is 0 Å². The predicted molar refractivity (Wildman–Crippen MR) is 34.5 cm³/mol. The van der Waals surface area contributed by atoms with E-state index in [1.54, 1.807) is 19.1 Å². The van der Waals surface area contributed by atoms with Gasteiger partial charge in [0.1, 0.15) is 0 Å². The molecule has 3 nitrogen and oxygen atoms in total. The Kier molecular flexibility index (Phi) is 1.87. The van der Waals surface area contributed by atoms with Gasteiger partial charge in [0.15, 0.2) is 0 Å². The minimum Gasteiger partial charge on any atom is -0.392 e. The second-order valence-electron chi connectivity index (χ2n) is 2.18. The zero-order valence-corrected chi connectivity index (χ0v) is 5.78. The van der Waals surface area contributed by atoms with Crippen molar-refractivity contribution < 1.29 is 15.0 Å². The number of nitrogens with zero attached hydrogens (tertiary/aromatic N) is 1. The number of aliphatic hydroxyl groups is 1. The summed E-state index contributed by atoms with van der Waals surface area (Å²) in [6.45, 7) is 1.78. The molecule has 0 spiro atoms. The van der Waals surface area contributed by atoms with E-state index in [2.05, 4.69) is 0 Å². The fourth-order valence-corrected chi connectivity index (χ4v) is 0.765. The molecule has 1 aromatic heterocycles. The number of aliphatic hydroxyl groups excluding tert-OH is 1. The Morgan fingerprint density at radius 1 is 1.60 bits per heavy atom. The molecular weight excluding hydrogens is 130 g/mol. The van der Waals surface area contributed by atoms with Crippen LogP contribution in [0.1, 0.15) is 11.3 Å². The molecule has 10 heavy (non-hydrogen) atoms. The normalized spacial score (nSPS) is 9.80. The van der Waals surface area contributed by atoms with Gasteiger partial charge in [-0.25, -0.2) is 0 Å². The lowest BCUT2D eigenvalue weighted by Gasteiger charge is -1.92. The van der Waals surface area contributed by atoms with Crippen molar-refractivity contribution in [2.75, 3.05) is 0 Å². The molecule has 0 saturated carbocycles. The zero-order valence-electron chi connectivity index (χ0n) is 5.78. The van der Waals surface area contributed by atoms with Gasteiger partial charge in [0.25, 0.3) is 0 Å². The van der Waals surface area contributed by atoms with Gasteiger partial charge in [-0.3, -0.25) is 5.21 Å². The fraction of sp³-hybridized carbons (Fsp3) is 0.286. The molecule has 1 heterocycles. The summed E-state index contributed by atoms with van der Waals surface area (Å²) in [5.41, 5.74) is 1.52. The van der Waals surface area contributed by atoms with Crippen molar-refractivity contribution in [2.45, 2.75) is 13.5 Å². The van der Waals surface area contributed by atoms with Gasteiger partial charge in [0, 0.05) is 23.8 Å². The highest BCUT2D eigenvalue weighted by molar-refractivity contribution is 5.09. The molecule has 0 bridgehead atoms. The lowest BCUT2D eigenvalue weighted by molar-refractivity contribution is -0.908. The number of aryl methyl sites for hydroxylation is 1. The molecule has 0 aromatic carbocycles. The van der Waals surface area contributed by atoms with Gasteiger partial charge in [-0.2, -0.15) is 0 Å². The van der Waals surface area contributed by atoms with Crippen LogP contribution in [0.4, 0.5) is 0 Å². The van der Waals surface area contributed by atoms with E-state index in [4.69, 9.17) is 10.3 Å². The molecule has 0 amide bonds. The van der Waals surface area contributed by atoms with Crippen molar-refractivity contribution in [3.05, 3.63) is 29.6 Å². The maximum atomic E-state index is 8.97. The molecule has 2 N–H and O–H groups in total. The van der Waals surface area contributed by atoms with Gasteiger partial charge >= 0.3 is 0 Å². The quantitative estimate of drug-likeness (QED) is 0.426. The number of pyridine rings is 1. The van der Waals surface area contributed by atoms with Gasteiger partial charge in [-0.15, -0.1) is 0 Å². The van der Waals surface area contributed by atoms with Gasteiger partial charge in [-0.05, 0) is 5.56 Å². The van der Waals surface area contributed by atoms with E-state index in [-0.39, 0.29) is 6.61 Å². The Morgan fingerprint density at radius 2 is 2.30 bits per heavy atom. The summed E-state index contributed by atoms with van der Waals surface area (Å²) >= 11 is 0. The van der Waals surface area contributed by atoms with Crippen molar-refractivity contribution in [3.63, 3.8) is 0 Å². The predicted octanol–water partition coefficient (Wildman–Crippen LogP) is 0.0121. The Bertz CT molecular complexity index is 235. The smallest absolute Gasteiger partial charge is 0.231 e. The molecule has 54 valence electrons. The molecule has 0 saturated heterocycles. The maximum absolute atomic E-state index is 8.97. The highest BCUT2D eigenvalue weighted by Gasteiger charge is 2.02. The van der Waals surface area contributed by atoms with Crippen LogP contribution in [-0.2, 0) is 6.61 Å². The molecule has 0 aliphatic heterocycles. The number of aromatic nitrogens is 1. The summed E-state index contributed by atoms with van der Waals surface area (Å²) in [6, 6.07) is 3.38. The first kappa shape index (κ1) is 7.02. The first-order valence-corrected chi connectivity index (χ1v) is 3.05. The average molecular weight is 140 g/mol. The first-order chi connectivity index (χ1) is 4.74. The molecule has 1 aromatic rings. The summed E-state index contributed by atoms with van der Waals surface area (Å²) in [5, 5.41) is 17.6. The van der Waals surface area contributed by atoms with Crippen molar-refractivity contribution in [2.24, 2.45) is 0 Å². The Hall–Kier alpha value is -1.09. The Morgan fingerprint density at radius 3 is 2.80 bits per heavy atom. The van der Waals surface area contributed by atoms with E-state index >= 15 is 0 Å². The highest BCUT2D eigenvalue weighted by Crippen LogP contribution is 1.97. The Labute approximate surface area is 59.1 Å². The number of hydrogen-bond acceptors (Lipinski definition) is 2. The van der Waals surface area contributed by atoms with Crippen molar-refractivity contribution >= 4 is 0 Å². The molecule has 0 fully saturated rings. The summed E-state index contributed by atoms with van der Waals surface area (Å²) in [5.74, 6) is 0. The van der Waals surface area contributed by atoms with E-state index in [9.17, 15) is 0 Å². The fourth-order valence-electron chi connectivity index (χ4n) is 0.765. The topological polar surface area (TPSA) is 44.3 Å². The van der Waals surface area contributed by atoms with Crippen LogP contribution in [0.2, 0.25) is 0 Å². The van der Waals surface area contributed by atoms with Crippen molar-refractivity contribution in [1.82, 2.24) is 0 Å². The third-order valence-corrected chi connectivity index (χ3v) is 1.37. The van der Waals surface area contributed by atoms with Crippen LogP contribution < -0.4 is 4.73 Å². The first-order valence-electron chi connectivity index (χ1n) is 3.05. The lowest BCUT2D eigenvalue weighted by atomic mass is 10.2. The third kappa shape index (κ3) is 1.25. The molecular formula is C7H10NO2+. The van der Waals surface area contributed by atoms with Crippen molar-refractivity contribution in [1.29, 1.82) is 0 Å². The minimum atomic E-state index is 0.0156. The monoisotopic (exact) mass is 140 g/mol. The van der Waals surface area contributed by atoms with E-state index < -0.39 is 0 Å². The molecule has 1 rings (SSSR count). The number of rotatable bonds is 1. The van der Waals surface area contributed by atoms with E-state index in [1.807, 2.05) is 0 Å². The van der Waals surface area contributed by atoms with Crippen LogP contribution in [0.3, 0.4) is 0 Å². The minimum absolute atomic E-state index is 0.0156. The van der Waals surface area contributed by atoms with Crippen LogP contribution in [0, 0.1) is 6.92 Å². The van der Waals surface area contributed by atoms with Crippen LogP contribution in [0.15, 0.2) is 18.3 Å². The standard InChI is InChI=1S/C7H10NO2/c1-6-4-7(5-9)2-3-8(6)10/h2-4,9-10H,5H2,1H3/q+1. The van der Waals surface area contributed by atoms with Crippen LogP contribution in [0.5, 0.6) is 0 Å². The third-order valence-electron chi connectivity index (χ3n) is 1.37. The lowest BCUT2D eigenvalue weighted by Crippen LogP contribution is -2.32. The summed E-state index contributed by atoms with van der Waals surface area (Å²) < 4.78 is 1.01. The van der Waals surface area contributed by atoms with Gasteiger partial charge in [-0.1, -0.05) is 0 Å². The average Bonchev–Trinajstić information content (AvgIpc) is 1.95. The van der Waals surface area contributed by atoms with E-state index in [0.717, 1.165) is 10.3 Å². The maximum Gasteiger partial charge on any atom is 0.231 e. The van der Waals surface area contributed by atoms with Crippen molar-refractivity contribution in [3.8, 4) is 0 Å². The molecule has 0 unspecified atom stereocenters. The SMILES string of the molecule is Cc1cc(CO)cc[n+]1O. The Balaban J connectivity index is 3.04. The van der Waals surface area contributed by atoms with Gasteiger partial charge in [0.05, 0.1) is 6.61 Å². The van der Waals surface area contributed by atoms with Gasteiger partial charge in [0.2, 0.25) is 11.9 Å². The van der Waals surface area contributed by atoms with Crippen LogP contribution in [0.25, 0.3) is 0 Å². The second kappa shape index (κ2) is 2.66. The van der Waals surface area contributed by atoms with Crippen LogP contribution in [-0.4, -0.2) is 10.3 Å². The summed E-state index contributed by atoms with van der Waals surface area (Å²) in [4.78, 5) is 0. The van der Waals surface area contributed by atoms with E-state index in [1.165, 1.54) is 6.20 Å².